The Hall–Kier alpha value is -1.00. The van der Waals surface area contributed by atoms with Crippen LogP contribution in [0.3, 0.4) is 0 Å². The van der Waals surface area contributed by atoms with Crippen LogP contribution >= 0.6 is 11.6 Å². The summed E-state index contributed by atoms with van der Waals surface area (Å²) in [6.07, 6.45) is 5.37. The first-order valence-electron chi connectivity index (χ1n) is 6.57. The summed E-state index contributed by atoms with van der Waals surface area (Å²) in [6.45, 7) is 1.67. The highest BCUT2D eigenvalue weighted by molar-refractivity contribution is 6.17. The van der Waals surface area contributed by atoms with Gasteiger partial charge < -0.3 is 14.8 Å². The SMILES string of the molecule is COc1ccnc(CNCC2(CCCl)CC2)c1OC. The number of ether oxygens (including phenoxy) is 2. The summed E-state index contributed by atoms with van der Waals surface area (Å²) in [7, 11) is 3.27. The van der Waals surface area contributed by atoms with Crippen LogP contribution in [0.2, 0.25) is 0 Å². The van der Waals surface area contributed by atoms with Crippen LogP contribution in [0.15, 0.2) is 12.3 Å². The number of halogens is 1. The predicted octanol–water partition coefficient (Wildman–Crippen LogP) is 2.60. The van der Waals surface area contributed by atoms with Gasteiger partial charge in [0, 0.05) is 31.2 Å². The fraction of sp³-hybridized carbons (Fsp3) is 0.643. The number of pyridine rings is 1. The molecule has 106 valence electrons. The van der Waals surface area contributed by atoms with Crippen molar-refractivity contribution in [1.29, 1.82) is 0 Å². The molecule has 2 rings (SSSR count). The molecule has 4 nitrogen and oxygen atoms in total. The largest absolute Gasteiger partial charge is 0.493 e. The third kappa shape index (κ3) is 3.51. The van der Waals surface area contributed by atoms with Crippen molar-refractivity contribution in [2.45, 2.75) is 25.8 Å². The van der Waals surface area contributed by atoms with Crippen LogP contribution in [0.5, 0.6) is 11.5 Å². The first kappa shape index (κ1) is 14.4. The molecule has 0 amide bonds. The maximum atomic E-state index is 5.83. The molecule has 1 aromatic rings. The van der Waals surface area contributed by atoms with Gasteiger partial charge in [-0.05, 0) is 24.7 Å². The van der Waals surface area contributed by atoms with Crippen LogP contribution in [0, 0.1) is 5.41 Å². The van der Waals surface area contributed by atoms with E-state index in [2.05, 4.69) is 10.3 Å². The minimum Gasteiger partial charge on any atom is -0.493 e. The van der Waals surface area contributed by atoms with E-state index in [0.29, 0.717) is 17.7 Å². The number of alkyl halides is 1. The van der Waals surface area contributed by atoms with E-state index in [1.807, 2.05) is 0 Å². The van der Waals surface area contributed by atoms with Crippen molar-refractivity contribution in [3.63, 3.8) is 0 Å². The van der Waals surface area contributed by atoms with Crippen molar-refractivity contribution < 1.29 is 9.47 Å². The Bertz CT molecular complexity index is 422. The van der Waals surface area contributed by atoms with Crippen molar-refractivity contribution in [3.8, 4) is 11.5 Å². The van der Waals surface area contributed by atoms with Crippen LogP contribution in [0.25, 0.3) is 0 Å². The molecule has 0 bridgehead atoms. The molecule has 0 spiro atoms. The molecule has 0 aliphatic heterocycles. The molecule has 0 radical (unpaired) electrons. The third-order valence-corrected chi connectivity index (χ3v) is 3.93. The number of hydrogen-bond acceptors (Lipinski definition) is 4. The lowest BCUT2D eigenvalue weighted by atomic mass is 10.0. The molecule has 1 N–H and O–H groups in total. The zero-order valence-electron chi connectivity index (χ0n) is 11.5. The molecule has 1 fully saturated rings. The molecule has 0 unspecified atom stereocenters. The Morgan fingerprint density at radius 2 is 2.16 bits per heavy atom. The van der Waals surface area contributed by atoms with Gasteiger partial charge in [-0.2, -0.15) is 0 Å². The van der Waals surface area contributed by atoms with Gasteiger partial charge in [0.05, 0.1) is 19.9 Å². The monoisotopic (exact) mass is 284 g/mol. The summed E-state index contributed by atoms with van der Waals surface area (Å²) in [4.78, 5) is 4.35. The highest BCUT2D eigenvalue weighted by Gasteiger charge is 2.41. The fourth-order valence-corrected chi connectivity index (χ4v) is 2.72. The quantitative estimate of drug-likeness (QED) is 0.745. The summed E-state index contributed by atoms with van der Waals surface area (Å²) in [5.74, 6) is 2.17. The average Bonchev–Trinajstić information content (AvgIpc) is 3.18. The summed E-state index contributed by atoms with van der Waals surface area (Å²) in [5.41, 5.74) is 1.30. The van der Waals surface area contributed by atoms with Crippen LogP contribution in [-0.4, -0.2) is 31.6 Å². The van der Waals surface area contributed by atoms with E-state index in [0.717, 1.165) is 30.3 Å². The van der Waals surface area contributed by atoms with Gasteiger partial charge in [-0.1, -0.05) is 0 Å². The molecule has 1 aromatic heterocycles. The first-order valence-corrected chi connectivity index (χ1v) is 7.11. The van der Waals surface area contributed by atoms with Gasteiger partial charge in [0.1, 0.15) is 0 Å². The molecule has 5 heteroatoms. The minimum absolute atomic E-state index is 0.424. The molecule has 1 heterocycles. The lowest BCUT2D eigenvalue weighted by Crippen LogP contribution is -2.24. The fourth-order valence-electron chi connectivity index (χ4n) is 2.31. The van der Waals surface area contributed by atoms with Crippen LogP contribution in [0.1, 0.15) is 25.0 Å². The predicted molar refractivity (Wildman–Crippen MR) is 76.1 cm³/mol. The van der Waals surface area contributed by atoms with Crippen molar-refractivity contribution in [2.75, 3.05) is 26.6 Å². The molecule has 1 saturated carbocycles. The van der Waals surface area contributed by atoms with Gasteiger partial charge in [0.15, 0.2) is 11.5 Å². The summed E-state index contributed by atoms with van der Waals surface area (Å²) in [5, 5.41) is 3.46. The Kier molecular flexibility index (Phi) is 4.88. The summed E-state index contributed by atoms with van der Waals surface area (Å²) < 4.78 is 10.6. The second kappa shape index (κ2) is 6.44. The van der Waals surface area contributed by atoms with E-state index in [9.17, 15) is 0 Å². The van der Waals surface area contributed by atoms with Crippen molar-refractivity contribution in [1.82, 2.24) is 10.3 Å². The number of hydrogen-bond donors (Lipinski definition) is 1. The van der Waals surface area contributed by atoms with E-state index >= 15 is 0 Å². The smallest absolute Gasteiger partial charge is 0.183 e. The van der Waals surface area contributed by atoms with Gasteiger partial charge in [-0.3, -0.25) is 4.98 Å². The number of rotatable bonds is 8. The summed E-state index contributed by atoms with van der Waals surface area (Å²) in [6, 6.07) is 1.80. The Labute approximate surface area is 119 Å². The lowest BCUT2D eigenvalue weighted by Gasteiger charge is -2.16. The third-order valence-electron chi connectivity index (χ3n) is 3.74. The number of methoxy groups -OCH3 is 2. The van der Waals surface area contributed by atoms with E-state index in [1.54, 1.807) is 26.5 Å². The van der Waals surface area contributed by atoms with E-state index in [4.69, 9.17) is 21.1 Å². The maximum Gasteiger partial charge on any atom is 0.183 e. The molecule has 0 saturated heterocycles. The zero-order chi connectivity index (χ0) is 13.7. The first-order chi connectivity index (χ1) is 9.24. The van der Waals surface area contributed by atoms with Gasteiger partial charge >= 0.3 is 0 Å². The number of aromatic nitrogens is 1. The number of nitrogens with one attached hydrogen (secondary N) is 1. The standard InChI is InChI=1S/C14H21ClN2O2/c1-18-12-3-8-17-11(13(12)19-2)9-16-10-14(4-5-14)6-7-15/h3,8,16H,4-7,9-10H2,1-2H3. The van der Waals surface area contributed by atoms with E-state index in [1.165, 1.54) is 12.8 Å². The van der Waals surface area contributed by atoms with Crippen molar-refractivity contribution in [3.05, 3.63) is 18.0 Å². The second-order valence-electron chi connectivity index (χ2n) is 5.04. The zero-order valence-corrected chi connectivity index (χ0v) is 12.3. The Morgan fingerprint density at radius 3 is 2.74 bits per heavy atom. The summed E-state index contributed by atoms with van der Waals surface area (Å²) >= 11 is 5.83. The highest BCUT2D eigenvalue weighted by Crippen LogP contribution is 2.48. The molecule has 1 aliphatic rings. The highest BCUT2D eigenvalue weighted by atomic mass is 35.5. The van der Waals surface area contributed by atoms with Crippen LogP contribution in [-0.2, 0) is 6.54 Å². The molecule has 0 aromatic carbocycles. The molecule has 1 aliphatic carbocycles. The maximum absolute atomic E-state index is 5.83. The topological polar surface area (TPSA) is 43.4 Å². The number of nitrogens with zero attached hydrogens (tertiary/aromatic N) is 1. The van der Waals surface area contributed by atoms with Crippen molar-refractivity contribution in [2.24, 2.45) is 5.41 Å². The molecule has 19 heavy (non-hydrogen) atoms. The Balaban J connectivity index is 1.92. The van der Waals surface area contributed by atoms with Crippen LogP contribution < -0.4 is 14.8 Å². The normalized spacial score (nSPS) is 16.2. The average molecular weight is 285 g/mol. The Morgan fingerprint density at radius 1 is 1.37 bits per heavy atom. The second-order valence-corrected chi connectivity index (χ2v) is 5.41. The molecular weight excluding hydrogens is 264 g/mol. The van der Waals surface area contributed by atoms with E-state index < -0.39 is 0 Å². The van der Waals surface area contributed by atoms with Gasteiger partial charge in [-0.15, -0.1) is 11.6 Å². The van der Waals surface area contributed by atoms with Gasteiger partial charge in [0.25, 0.3) is 0 Å². The van der Waals surface area contributed by atoms with Gasteiger partial charge in [0.2, 0.25) is 0 Å². The lowest BCUT2D eigenvalue weighted by molar-refractivity contribution is 0.346. The molecular formula is C14H21ClN2O2. The molecule has 0 atom stereocenters. The minimum atomic E-state index is 0.424. The van der Waals surface area contributed by atoms with Crippen LogP contribution in [0.4, 0.5) is 0 Å². The van der Waals surface area contributed by atoms with Gasteiger partial charge in [-0.25, -0.2) is 0 Å². The van der Waals surface area contributed by atoms with E-state index in [-0.39, 0.29) is 0 Å². The van der Waals surface area contributed by atoms with Crippen molar-refractivity contribution >= 4 is 11.6 Å².